The Hall–Kier alpha value is -3.15. The maximum absolute atomic E-state index is 12.9. The Balaban J connectivity index is 4.41. The van der Waals surface area contributed by atoms with Gasteiger partial charge in [0.25, 0.3) is 0 Å². The Bertz CT molecular complexity index is 1420. The van der Waals surface area contributed by atoms with Crippen molar-refractivity contribution in [2.45, 2.75) is 348 Å². The Labute approximate surface area is 478 Å². The predicted octanol–water partition coefficient (Wildman–Crippen LogP) is 22.9. The summed E-state index contributed by atoms with van der Waals surface area (Å²) in [7, 11) is 0. The molecule has 0 aromatic heterocycles. The van der Waals surface area contributed by atoms with E-state index in [9.17, 15) is 14.4 Å². The molecule has 0 saturated carbocycles. The molecule has 0 radical (unpaired) electrons. The van der Waals surface area contributed by atoms with Crippen molar-refractivity contribution in [1.29, 1.82) is 0 Å². The van der Waals surface area contributed by atoms with E-state index >= 15 is 0 Å². The van der Waals surface area contributed by atoms with Crippen molar-refractivity contribution in [2.24, 2.45) is 0 Å². The minimum absolute atomic E-state index is 0.101. The molecule has 0 amide bonds. The maximum atomic E-state index is 12.9. The average molecular weight is 1080 g/mol. The number of hydrogen-bond donors (Lipinski definition) is 0. The van der Waals surface area contributed by atoms with Crippen LogP contribution in [0.4, 0.5) is 0 Å². The quantitative estimate of drug-likeness (QED) is 0.0261. The third-order valence-electron chi connectivity index (χ3n) is 14.7. The van der Waals surface area contributed by atoms with Gasteiger partial charge in [0.05, 0.1) is 0 Å². The average Bonchev–Trinajstić information content (AvgIpc) is 3.43. The molecule has 0 spiro atoms. The monoisotopic (exact) mass is 1070 g/mol. The third kappa shape index (κ3) is 63.6. The molecule has 6 nitrogen and oxygen atoms in total. The molecule has 0 aliphatic carbocycles. The van der Waals surface area contributed by atoms with Crippen molar-refractivity contribution in [3.8, 4) is 0 Å². The van der Waals surface area contributed by atoms with Crippen LogP contribution in [-0.4, -0.2) is 37.2 Å². The molecule has 0 aliphatic heterocycles. The van der Waals surface area contributed by atoms with Crippen LogP contribution < -0.4 is 0 Å². The molecule has 0 aromatic carbocycles. The highest BCUT2D eigenvalue weighted by atomic mass is 16.6. The number of carbonyl (C=O) groups is 3. The molecule has 0 aromatic rings. The van der Waals surface area contributed by atoms with Gasteiger partial charge in [0.2, 0.25) is 0 Å². The number of unbranched alkanes of at least 4 members (excludes halogenated alkanes) is 38. The minimum atomic E-state index is -0.814. The first kappa shape index (κ1) is 73.8. The fraction of sp³-hybridized carbons (Fsp3) is 0.789. The van der Waals surface area contributed by atoms with Crippen molar-refractivity contribution in [2.75, 3.05) is 13.2 Å². The van der Waals surface area contributed by atoms with E-state index in [2.05, 4.69) is 87.6 Å². The molecule has 0 heterocycles. The summed E-state index contributed by atoms with van der Waals surface area (Å²) >= 11 is 0. The standard InChI is InChI=1S/C71H126O6/c1-4-7-10-13-16-19-22-25-28-31-34-35-36-38-40-43-46-49-52-55-58-61-64-70(73)76-67-68(66-75-69(72)63-60-57-54-51-48-45-42-39-33-30-27-24-21-18-15-12-9-6-3)77-71(74)65-62-59-56-53-50-47-44-41-37-32-29-26-23-20-17-14-11-8-5-2/h8,11,17,20,26,29,37,41,47,50,56,59,68H,4-7,9-10,12-16,18-19,21-25,27-28,30-36,38-40,42-46,48-49,51-55,57-58,60-67H2,1-3H3/b11-8-,20-17-,29-26-,41-37-,50-47-,59-56-. The van der Waals surface area contributed by atoms with Crippen LogP contribution in [0.2, 0.25) is 0 Å². The first-order chi connectivity index (χ1) is 38.0. The molecule has 0 saturated heterocycles. The number of hydrogen-bond acceptors (Lipinski definition) is 6. The SMILES string of the molecule is CC/C=C\C/C=C\C/C=C\C/C=C\C/C=C\C/C=C\CCC(=O)OC(COC(=O)CCCCCCCCCCCCCCCCCCCC)COC(=O)CCCCCCCCCCCCCCCCCCCCCCCC. The summed E-state index contributed by atoms with van der Waals surface area (Å²) in [6, 6.07) is 0. The summed E-state index contributed by atoms with van der Waals surface area (Å²) in [6.45, 7) is 6.53. The molecule has 0 N–H and O–H groups in total. The first-order valence-electron chi connectivity index (χ1n) is 33.4. The fourth-order valence-corrected chi connectivity index (χ4v) is 9.77. The van der Waals surface area contributed by atoms with Crippen molar-refractivity contribution in [3.05, 3.63) is 72.9 Å². The van der Waals surface area contributed by atoms with Gasteiger partial charge < -0.3 is 14.2 Å². The van der Waals surface area contributed by atoms with Crippen molar-refractivity contribution >= 4 is 17.9 Å². The summed E-state index contributed by atoms with van der Waals surface area (Å²) < 4.78 is 16.9. The van der Waals surface area contributed by atoms with Crippen LogP contribution in [0.15, 0.2) is 72.9 Å². The van der Waals surface area contributed by atoms with Crippen molar-refractivity contribution < 1.29 is 28.6 Å². The largest absolute Gasteiger partial charge is 0.462 e. The molecule has 1 atom stereocenters. The van der Waals surface area contributed by atoms with Gasteiger partial charge in [-0.1, -0.05) is 338 Å². The van der Waals surface area contributed by atoms with Crippen LogP contribution >= 0.6 is 0 Å². The fourth-order valence-electron chi connectivity index (χ4n) is 9.77. The summed E-state index contributed by atoms with van der Waals surface area (Å²) in [6.07, 6.45) is 85.0. The van der Waals surface area contributed by atoms with E-state index in [1.165, 1.54) is 218 Å². The van der Waals surface area contributed by atoms with Gasteiger partial charge in [0, 0.05) is 19.3 Å². The van der Waals surface area contributed by atoms with Crippen molar-refractivity contribution in [1.82, 2.24) is 0 Å². The molecular weight excluding hydrogens is 949 g/mol. The van der Waals surface area contributed by atoms with Crippen LogP contribution in [0.5, 0.6) is 0 Å². The van der Waals surface area contributed by atoms with Crippen LogP contribution in [0.1, 0.15) is 342 Å². The maximum Gasteiger partial charge on any atom is 0.306 e. The van der Waals surface area contributed by atoms with Crippen LogP contribution in [0, 0.1) is 0 Å². The van der Waals surface area contributed by atoms with Gasteiger partial charge in [-0.05, 0) is 57.8 Å². The molecule has 6 heteroatoms. The van der Waals surface area contributed by atoms with Gasteiger partial charge >= 0.3 is 17.9 Å². The summed E-state index contributed by atoms with van der Waals surface area (Å²) in [5.41, 5.74) is 0. The summed E-state index contributed by atoms with van der Waals surface area (Å²) in [4.78, 5) is 38.3. The highest BCUT2D eigenvalue weighted by molar-refractivity contribution is 5.71. The Kier molecular flexibility index (Phi) is 62.7. The third-order valence-corrected chi connectivity index (χ3v) is 14.7. The lowest BCUT2D eigenvalue weighted by Crippen LogP contribution is -2.30. The summed E-state index contributed by atoms with van der Waals surface area (Å²) in [5, 5.41) is 0. The van der Waals surface area contributed by atoms with E-state index in [0.29, 0.717) is 19.3 Å². The highest BCUT2D eigenvalue weighted by Crippen LogP contribution is 2.18. The van der Waals surface area contributed by atoms with Gasteiger partial charge in [-0.25, -0.2) is 0 Å². The number of carbonyl (C=O) groups excluding carboxylic acids is 3. The Morgan fingerprint density at radius 2 is 0.506 bits per heavy atom. The summed E-state index contributed by atoms with van der Waals surface area (Å²) in [5.74, 6) is -0.964. The van der Waals surface area contributed by atoms with Crippen LogP contribution in [0.25, 0.3) is 0 Å². The second kappa shape index (κ2) is 65.4. The number of allylic oxidation sites excluding steroid dienone is 12. The van der Waals surface area contributed by atoms with E-state index in [4.69, 9.17) is 14.2 Å². The van der Waals surface area contributed by atoms with Gasteiger partial charge in [0.1, 0.15) is 13.2 Å². The number of ether oxygens (including phenoxy) is 3. The predicted molar refractivity (Wildman–Crippen MR) is 335 cm³/mol. The molecule has 0 rings (SSSR count). The second-order valence-electron chi connectivity index (χ2n) is 22.4. The van der Waals surface area contributed by atoms with Gasteiger partial charge in [-0.2, -0.15) is 0 Å². The zero-order chi connectivity index (χ0) is 55.7. The minimum Gasteiger partial charge on any atom is -0.462 e. The molecule has 0 fully saturated rings. The van der Waals surface area contributed by atoms with E-state index in [-0.39, 0.29) is 37.5 Å². The lowest BCUT2D eigenvalue weighted by molar-refractivity contribution is -0.166. The van der Waals surface area contributed by atoms with Gasteiger partial charge in [0.15, 0.2) is 6.10 Å². The Morgan fingerprint density at radius 3 is 0.766 bits per heavy atom. The molecule has 1 unspecified atom stereocenters. The zero-order valence-corrected chi connectivity index (χ0v) is 51.2. The Morgan fingerprint density at radius 1 is 0.273 bits per heavy atom. The second-order valence-corrected chi connectivity index (χ2v) is 22.4. The zero-order valence-electron chi connectivity index (χ0n) is 51.2. The number of rotatable bonds is 61. The van der Waals surface area contributed by atoms with Crippen molar-refractivity contribution in [3.63, 3.8) is 0 Å². The normalized spacial score (nSPS) is 12.5. The van der Waals surface area contributed by atoms with E-state index in [1.807, 2.05) is 6.08 Å². The topological polar surface area (TPSA) is 78.9 Å². The number of esters is 3. The molecule has 446 valence electrons. The molecule has 0 aliphatic rings. The highest BCUT2D eigenvalue weighted by Gasteiger charge is 2.19. The molecule has 77 heavy (non-hydrogen) atoms. The van der Waals surface area contributed by atoms with E-state index < -0.39 is 6.10 Å². The first-order valence-corrected chi connectivity index (χ1v) is 33.4. The van der Waals surface area contributed by atoms with Crippen LogP contribution in [0.3, 0.4) is 0 Å². The molecular formula is C71H126O6. The van der Waals surface area contributed by atoms with E-state index in [1.54, 1.807) is 0 Å². The lowest BCUT2D eigenvalue weighted by Gasteiger charge is -2.18. The van der Waals surface area contributed by atoms with Crippen LogP contribution in [-0.2, 0) is 28.6 Å². The van der Waals surface area contributed by atoms with E-state index in [0.717, 1.165) is 77.0 Å². The lowest BCUT2D eigenvalue weighted by atomic mass is 10.0. The van der Waals surface area contributed by atoms with Gasteiger partial charge in [-0.3, -0.25) is 14.4 Å². The molecule has 0 bridgehead atoms. The van der Waals surface area contributed by atoms with Gasteiger partial charge in [-0.15, -0.1) is 0 Å². The smallest absolute Gasteiger partial charge is 0.306 e.